The van der Waals surface area contributed by atoms with Crippen molar-refractivity contribution in [3.8, 4) is 0 Å². The van der Waals surface area contributed by atoms with E-state index >= 15 is 0 Å². The highest BCUT2D eigenvalue weighted by Gasteiger charge is 2.23. The lowest BCUT2D eigenvalue weighted by Gasteiger charge is -2.13. The van der Waals surface area contributed by atoms with E-state index in [9.17, 15) is 14.9 Å². The molecule has 1 aromatic carbocycles. The quantitative estimate of drug-likeness (QED) is 0.601. The summed E-state index contributed by atoms with van der Waals surface area (Å²) in [4.78, 5) is 26.4. The SMILES string of the molecule is CON(C)C(=O)c1cc(Cl)ccc1[N+](=O)[O-]. The molecule has 0 spiro atoms. The van der Waals surface area contributed by atoms with Crippen molar-refractivity contribution in [1.29, 1.82) is 0 Å². The molecule has 0 aliphatic rings. The van der Waals surface area contributed by atoms with E-state index in [2.05, 4.69) is 4.84 Å². The average molecular weight is 245 g/mol. The molecule has 0 fully saturated rings. The normalized spacial score (nSPS) is 9.94. The van der Waals surface area contributed by atoms with Crippen molar-refractivity contribution in [2.75, 3.05) is 14.2 Å². The highest BCUT2D eigenvalue weighted by Crippen LogP contribution is 2.23. The van der Waals surface area contributed by atoms with Gasteiger partial charge < -0.3 is 0 Å². The first kappa shape index (κ1) is 12.4. The summed E-state index contributed by atoms with van der Waals surface area (Å²) >= 11 is 5.68. The van der Waals surface area contributed by atoms with Crippen LogP contribution in [0.3, 0.4) is 0 Å². The van der Waals surface area contributed by atoms with Crippen molar-refractivity contribution < 1.29 is 14.6 Å². The second kappa shape index (κ2) is 4.91. The highest BCUT2D eigenvalue weighted by atomic mass is 35.5. The summed E-state index contributed by atoms with van der Waals surface area (Å²) in [5.74, 6) is -0.628. The molecule has 86 valence electrons. The monoisotopic (exact) mass is 244 g/mol. The summed E-state index contributed by atoms with van der Waals surface area (Å²) in [6, 6.07) is 3.76. The largest absolute Gasteiger partial charge is 0.284 e. The summed E-state index contributed by atoms with van der Waals surface area (Å²) in [6.45, 7) is 0. The van der Waals surface area contributed by atoms with E-state index in [1.807, 2.05) is 0 Å². The van der Waals surface area contributed by atoms with Gasteiger partial charge in [-0.05, 0) is 12.1 Å². The van der Waals surface area contributed by atoms with Crippen molar-refractivity contribution in [3.05, 3.63) is 38.9 Å². The van der Waals surface area contributed by atoms with Crippen LogP contribution in [0.15, 0.2) is 18.2 Å². The molecule has 0 radical (unpaired) electrons. The van der Waals surface area contributed by atoms with Crippen LogP contribution in [0.25, 0.3) is 0 Å². The standard InChI is InChI=1S/C9H9ClN2O4/c1-11(16-2)9(13)7-5-6(10)3-4-8(7)12(14)15/h3-5H,1-2H3. The maximum absolute atomic E-state index is 11.7. The molecule has 0 saturated heterocycles. The molecule has 0 aliphatic carbocycles. The zero-order chi connectivity index (χ0) is 12.3. The van der Waals surface area contributed by atoms with Gasteiger partial charge in [-0.2, -0.15) is 0 Å². The third-order valence-corrected chi connectivity index (χ3v) is 2.18. The summed E-state index contributed by atoms with van der Waals surface area (Å²) in [5, 5.41) is 11.8. The fourth-order valence-electron chi connectivity index (χ4n) is 1.09. The molecular formula is C9H9ClN2O4. The van der Waals surface area contributed by atoms with E-state index in [0.29, 0.717) is 0 Å². The first-order valence-electron chi connectivity index (χ1n) is 4.23. The molecular weight excluding hydrogens is 236 g/mol. The molecule has 0 heterocycles. The first-order valence-corrected chi connectivity index (χ1v) is 4.61. The Balaban J connectivity index is 3.24. The van der Waals surface area contributed by atoms with Crippen LogP contribution < -0.4 is 0 Å². The zero-order valence-corrected chi connectivity index (χ0v) is 9.39. The Morgan fingerprint density at radius 2 is 2.19 bits per heavy atom. The van der Waals surface area contributed by atoms with Gasteiger partial charge in [0.2, 0.25) is 0 Å². The van der Waals surface area contributed by atoms with Crippen LogP contribution in [0.5, 0.6) is 0 Å². The van der Waals surface area contributed by atoms with Gasteiger partial charge in [0.1, 0.15) is 5.56 Å². The van der Waals surface area contributed by atoms with Crippen molar-refractivity contribution >= 4 is 23.2 Å². The van der Waals surface area contributed by atoms with Gasteiger partial charge in [0.05, 0.1) is 12.0 Å². The minimum Gasteiger partial charge on any atom is -0.274 e. The number of hydrogen-bond donors (Lipinski definition) is 0. The van der Waals surface area contributed by atoms with Crippen LogP contribution in [0.4, 0.5) is 5.69 Å². The van der Waals surface area contributed by atoms with Gasteiger partial charge in [-0.3, -0.25) is 19.7 Å². The molecule has 0 aliphatic heterocycles. The first-order chi connectivity index (χ1) is 7.47. The van der Waals surface area contributed by atoms with Crippen molar-refractivity contribution in [3.63, 3.8) is 0 Å². The third-order valence-electron chi connectivity index (χ3n) is 1.95. The second-order valence-corrected chi connectivity index (χ2v) is 3.34. The van der Waals surface area contributed by atoms with Crippen LogP contribution >= 0.6 is 11.6 Å². The fraction of sp³-hybridized carbons (Fsp3) is 0.222. The van der Waals surface area contributed by atoms with E-state index in [-0.39, 0.29) is 16.3 Å². The predicted octanol–water partition coefficient (Wildman–Crippen LogP) is 1.88. The molecule has 0 unspecified atom stereocenters. The average Bonchev–Trinajstić information content (AvgIpc) is 2.26. The molecule has 1 aromatic rings. The molecule has 1 rings (SSSR count). The van der Waals surface area contributed by atoms with Crippen LogP contribution in [0, 0.1) is 10.1 Å². The molecule has 0 N–H and O–H groups in total. The maximum atomic E-state index is 11.7. The van der Waals surface area contributed by atoms with Crippen molar-refractivity contribution in [2.24, 2.45) is 0 Å². The molecule has 16 heavy (non-hydrogen) atoms. The Kier molecular flexibility index (Phi) is 3.81. The molecule has 7 heteroatoms. The lowest BCUT2D eigenvalue weighted by atomic mass is 10.1. The molecule has 0 aromatic heterocycles. The molecule has 0 saturated carbocycles. The van der Waals surface area contributed by atoms with Gasteiger partial charge in [0.25, 0.3) is 11.6 Å². The van der Waals surface area contributed by atoms with Crippen LogP contribution in [-0.2, 0) is 4.84 Å². The Bertz CT molecular complexity index is 436. The smallest absolute Gasteiger partial charge is 0.274 e. The predicted molar refractivity (Wildman–Crippen MR) is 57.2 cm³/mol. The number of benzene rings is 1. The topological polar surface area (TPSA) is 72.7 Å². The highest BCUT2D eigenvalue weighted by molar-refractivity contribution is 6.31. The van der Waals surface area contributed by atoms with Gasteiger partial charge >= 0.3 is 0 Å². The fourth-order valence-corrected chi connectivity index (χ4v) is 1.26. The number of nitro benzene ring substituents is 1. The minimum absolute atomic E-state index is 0.109. The summed E-state index contributed by atoms with van der Waals surface area (Å²) < 4.78 is 0. The number of halogens is 1. The number of amides is 1. The molecule has 1 amide bonds. The lowest BCUT2D eigenvalue weighted by Crippen LogP contribution is -2.26. The lowest BCUT2D eigenvalue weighted by molar-refractivity contribution is -0.385. The summed E-state index contributed by atoms with van der Waals surface area (Å²) in [5.41, 5.74) is -0.417. The van der Waals surface area contributed by atoms with Crippen LogP contribution in [0.2, 0.25) is 5.02 Å². The third kappa shape index (κ3) is 2.47. The van der Waals surface area contributed by atoms with E-state index in [1.54, 1.807) is 0 Å². The van der Waals surface area contributed by atoms with E-state index in [4.69, 9.17) is 11.6 Å². The molecule has 0 atom stereocenters. The second-order valence-electron chi connectivity index (χ2n) is 2.90. The number of carbonyl (C=O) groups excluding carboxylic acids is 1. The minimum atomic E-state index is -0.646. The number of nitro groups is 1. The van der Waals surface area contributed by atoms with Gasteiger partial charge in [-0.1, -0.05) is 11.6 Å². The Morgan fingerprint density at radius 1 is 1.56 bits per heavy atom. The van der Waals surface area contributed by atoms with Crippen LogP contribution in [0.1, 0.15) is 10.4 Å². The van der Waals surface area contributed by atoms with Gasteiger partial charge in [-0.25, -0.2) is 5.06 Å². The Morgan fingerprint density at radius 3 is 2.69 bits per heavy atom. The number of nitrogens with zero attached hydrogens (tertiary/aromatic N) is 2. The van der Waals surface area contributed by atoms with Crippen molar-refractivity contribution in [1.82, 2.24) is 5.06 Å². The molecule has 0 bridgehead atoms. The molecule has 6 nitrogen and oxygen atoms in total. The Hall–Kier alpha value is -1.66. The summed E-state index contributed by atoms with van der Waals surface area (Å²) in [7, 11) is 2.64. The van der Waals surface area contributed by atoms with Crippen LogP contribution in [-0.4, -0.2) is 30.1 Å². The maximum Gasteiger partial charge on any atom is 0.284 e. The van der Waals surface area contributed by atoms with Crippen molar-refractivity contribution in [2.45, 2.75) is 0 Å². The van der Waals surface area contributed by atoms with Gasteiger partial charge in [0, 0.05) is 18.1 Å². The van der Waals surface area contributed by atoms with Gasteiger partial charge in [0.15, 0.2) is 0 Å². The summed E-state index contributed by atoms with van der Waals surface area (Å²) in [6.07, 6.45) is 0. The zero-order valence-electron chi connectivity index (χ0n) is 8.64. The van der Waals surface area contributed by atoms with E-state index in [0.717, 1.165) is 5.06 Å². The number of hydrogen-bond acceptors (Lipinski definition) is 4. The number of carbonyl (C=O) groups is 1. The van der Waals surface area contributed by atoms with E-state index in [1.165, 1.54) is 32.4 Å². The number of hydroxylamine groups is 2. The van der Waals surface area contributed by atoms with E-state index < -0.39 is 10.8 Å². The van der Waals surface area contributed by atoms with Gasteiger partial charge in [-0.15, -0.1) is 0 Å². The Labute approximate surface area is 96.5 Å². The number of rotatable bonds is 3.